The van der Waals surface area contributed by atoms with Gasteiger partial charge in [-0.2, -0.15) is 14.6 Å². The maximum absolute atomic E-state index is 13.5. The van der Waals surface area contributed by atoms with Gasteiger partial charge in [-0.25, -0.2) is 13.8 Å². The lowest BCUT2D eigenvalue weighted by molar-refractivity contribution is -0.134. The summed E-state index contributed by atoms with van der Waals surface area (Å²) in [6, 6.07) is 9.07. The van der Waals surface area contributed by atoms with Crippen molar-refractivity contribution in [3.8, 4) is 5.75 Å². The van der Waals surface area contributed by atoms with Crippen molar-refractivity contribution in [1.29, 1.82) is 0 Å². The molecule has 1 fully saturated rings. The summed E-state index contributed by atoms with van der Waals surface area (Å²) in [5, 5.41) is 3.82. The van der Waals surface area contributed by atoms with Crippen molar-refractivity contribution in [3.63, 3.8) is 0 Å². The molecule has 1 aliphatic rings. The zero-order valence-electron chi connectivity index (χ0n) is 17.5. The largest absolute Gasteiger partial charge is 0.483 e. The Balaban J connectivity index is 1.46. The first kappa shape index (κ1) is 21.1. The van der Waals surface area contributed by atoms with E-state index in [-0.39, 0.29) is 35.8 Å². The first-order valence-corrected chi connectivity index (χ1v) is 10.4. The first-order chi connectivity index (χ1) is 14.9. The first-order valence-electron chi connectivity index (χ1n) is 10.4. The van der Waals surface area contributed by atoms with Gasteiger partial charge in [0.15, 0.2) is 6.61 Å². The maximum Gasteiger partial charge on any atom is 0.280 e. The molecule has 3 aromatic rings. The number of fused-ring (bicyclic) bond motifs is 1. The van der Waals surface area contributed by atoms with Crippen molar-refractivity contribution < 1.29 is 18.3 Å². The fourth-order valence-corrected chi connectivity index (χ4v) is 3.98. The third-order valence-corrected chi connectivity index (χ3v) is 5.61. The number of aromatic nitrogens is 4. The third kappa shape index (κ3) is 4.50. The van der Waals surface area contributed by atoms with Crippen LogP contribution in [0.3, 0.4) is 0 Å². The minimum atomic E-state index is -2.69. The lowest BCUT2D eigenvalue weighted by Gasteiger charge is -2.32. The number of piperidine rings is 1. The number of alkyl halides is 2. The summed E-state index contributed by atoms with van der Waals surface area (Å²) < 4.78 is 33.8. The fourth-order valence-electron chi connectivity index (χ4n) is 3.98. The number of halogens is 2. The van der Waals surface area contributed by atoms with E-state index in [4.69, 9.17) is 4.74 Å². The quantitative estimate of drug-likeness (QED) is 0.593. The number of likely N-dealkylation sites (tertiary alicyclic amines) is 1. The highest BCUT2D eigenvalue weighted by molar-refractivity contribution is 5.78. The number of amides is 1. The molecule has 1 amide bonds. The van der Waals surface area contributed by atoms with E-state index in [2.05, 4.69) is 28.9 Å². The fraction of sp³-hybridized carbons (Fsp3) is 0.455. The average molecular weight is 429 g/mol. The lowest BCUT2D eigenvalue weighted by Crippen LogP contribution is -2.41. The Bertz CT molecular complexity index is 1070. The molecule has 1 aromatic carbocycles. The molecule has 9 heteroatoms. The van der Waals surface area contributed by atoms with Gasteiger partial charge in [0.05, 0.1) is 5.69 Å². The maximum atomic E-state index is 13.5. The number of carbonyl (C=O) groups excluding carboxylic acids is 1. The second-order valence-corrected chi connectivity index (χ2v) is 8.04. The Kier molecular flexibility index (Phi) is 6.11. The molecule has 0 saturated carbocycles. The summed E-state index contributed by atoms with van der Waals surface area (Å²) in [5.41, 5.74) is 1.33. The van der Waals surface area contributed by atoms with Crippen LogP contribution in [0.15, 0.2) is 36.7 Å². The second kappa shape index (κ2) is 8.95. The van der Waals surface area contributed by atoms with Crippen LogP contribution in [-0.2, 0) is 4.79 Å². The summed E-state index contributed by atoms with van der Waals surface area (Å²) in [6.07, 6.45) is 0.0476. The van der Waals surface area contributed by atoms with E-state index < -0.39 is 6.43 Å². The van der Waals surface area contributed by atoms with Crippen molar-refractivity contribution in [1.82, 2.24) is 24.5 Å². The van der Waals surface area contributed by atoms with Gasteiger partial charge in [0, 0.05) is 19.0 Å². The summed E-state index contributed by atoms with van der Waals surface area (Å²) in [7, 11) is 0. The van der Waals surface area contributed by atoms with E-state index in [1.54, 1.807) is 4.90 Å². The van der Waals surface area contributed by atoms with E-state index >= 15 is 0 Å². The molecule has 1 saturated heterocycles. The molecule has 2 aromatic heterocycles. The Labute approximate surface area is 179 Å². The molecule has 7 nitrogen and oxygen atoms in total. The van der Waals surface area contributed by atoms with Gasteiger partial charge in [0.25, 0.3) is 18.1 Å². The normalized spacial score (nSPS) is 17.0. The van der Waals surface area contributed by atoms with Crippen LogP contribution in [0.2, 0.25) is 0 Å². The number of benzene rings is 1. The van der Waals surface area contributed by atoms with Gasteiger partial charge < -0.3 is 9.64 Å². The molecule has 3 heterocycles. The Hall–Kier alpha value is -3.10. The monoisotopic (exact) mass is 429 g/mol. The number of hydrogen-bond acceptors (Lipinski definition) is 5. The Morgan fingerprint density at radius 2 is 2.10 bits per heavy atom. The number of rotatable bonds is 6. The number of ether oxygens (including phenoxy) is 1. The molecule has 0 bridgehead atoms. The Morgan fingerprint density at radius 1 is 1.29 bits per heavy atom. The van der Waals surface area contributed by atoms with Crippen molar-refractivity contribution in [2.45, 2.75) is 45.0 Å². The average Bonchev–Trinajstić information content (AvgIpc) is 3.25. The minimum Gasteiger partial charge on any atom is -0.483 e. The van der Waals surface area contributed by atoms with Crippen LogP contribution in [-0.4, -0.2) is 50.1 Å². The van der Waals surface area contributed by atoms with Gasteiger partial charge in [-0.05, 0) is 36.5 Å². The molecule has 0 spiro atoms. The summed E-state index contributed by atoms with van der Waals surface area (Å²) in [6.45, 7) is 5.11. The standard InChI is InChI=1S/C22H25F2N5O2/c1-14(2)16-7-3-4-8-19(16)31-12-20(30)28-9-5-6-15(11-28)17-10-18(21(23)24)29-22(27-17)25-13-26-29/h3-4,7-8,10,13-15,21H,5-6,9,11-12H2,1-2H3/t15-/m1/s1. The van der Waals surface area contributed by atoms with Crippen LogP contribution in [0.4, 0.5) is 8.78 Å². The van der Waals surface area contributed by atoms with Crippen LogP contribution in [0.1, 0.15) is 61.9 Å². The van der Waals surface area contributed by atoms with Crippen molar-refractivity contribution in [2.24, 2.45) is 0 Å². The van der Waals surface area contributed by atoms with Crippen LogP contribution in [0.5, 0.6) is 5.75 Å². The van der Waals surface area contributed by atoms with Gasteiger partial charge in [0.1, 0.15) is 17.8 Å². The van der Waals surface area contributed by atoms with Crippen molar-refractivity contribution in [3.05, 3.63) is 53.6 Å². The van der Waals surface area contributed by atoms with Crippen LogP contribution in [0, 0.1) is 0 Å². The molecule has 164 valence electrons. The molecule has 0 unspecified atom stereocenters. The molecule has 0 N–H and O–H groups in total. The van der Waals surface area contributed by atoms with E-state index in [0.29, 0.717) is 24.5 Å². The van der Waals surface area contributed by atoms with Gasteiger partial charge in [-0.1, -0.05) is 32.0 Å². The number of hydrogen-bond donors (Lipinski definition) is 0. The second-order valence-electron chi connectivity index (χ2n) is 8.04. The minimum absolute atomic E-state index is 0.0601. The molecule has 31 heavy (non-hydrogen) atoms. The predicted molar refractivity (Wildman–Crippen MR) is 110 cm³/mol. The van der Waals surface area contributed by atoms with E-state index in [1.807, 2.05) is 24.3 Å². The third-order valence-electron chi connectivity index (χ3n) is 5.61. The van der Waals surface area contributed by atoms with E-state index in [9.17, 15) is 13.6 Å². The highest BCUT2D eigenvalue weighted by Gasteiger charge is 2.28. The molecule has 1 atom stereocenters. The SMILES string of the molecule is CC(C)c1ccccc1OCC(=O)N1CCC[C@@H](c2cc(C(F)F)n3ncnc3n2)C1. The molecule has 4 rings (SSSR count). The number of para-hydroxylation sites is 1. The molecule has 0 radical (unpaired) electrons. The molecule has 1 aliphatic heterocycles. The summed E-state index contributed by atoms with van der Waals surface area (Å²) in [4.78, 5) is 22.9. The van der Waals surface area contributed by atoms with Gasteiger partial charge in [0.2, 0.25) is 0 Å². The van der Waals surface area contributed by atoms with Crippen LogP contribution in [0.25, 0.3) is 5.78 Å². The Morgan fingerprint density at radius 3 is 2.87 bits per heavy atom. The van der Waals surface area contributed by atoms with Gasteiger partial charge in [-0.3, -0.25) is 4.79 Å². The smallest absolute Gasteiger partial charge is 0.280 e. The predicted octanol–water partition coefficient (Wildman–Crippen LogP) is 3.97. The molecular formula is C22H25F2N5O2. The number of carbonyl (C=O) groups is 1. The molecule has 0 aliphatic carbocycles. The molecular weight excluding hydrogens is 404 g/mol. The zero-order chi connectivity index (χ0) is 22.0. The highest BCUT2D eigenvalue weighted by Crippen LogP contribution is 2.30. The number of nitrogens with zero attached hydrogens (tertiary/aromatic N) is 5. The summed E-state index contributed by atoms with van der Waals surface area (Å²) in [5.74, 6) is 0.874. The van der Waals surface area contributed by atoms with Crippen LogP contribution < -0.4 is 4.74 Å². The van der Waals surface area contributed by atoms with Crippen molar-refractivity contribution in [2.75, 3.05) is 19.7 Å². The van der Waals surface area contributed by atoms with Gasteiger partial charge >= 0.3 is 0 Å². The highest BCUT2D eigenvalue weighted by atomic mass is 19.3. The van der Waals surface area contributed by atoms with E-state index in [1.165, 1.54) is 12.4 Å². The van der Waals surface area contributed by atoms with Crippen LogP contribution >= 0.6 is 0 Å². The summed E-state index contributed by atoms with van der Waals surface area (Å²) >= 11 is 0. The van der Waals surface area contributed by atoms with E-state index in [0.717, 1.165) is 22.9 Å². The van der Waals surface area contributed by atoms with Crippen molar-refractivity contribution >= 4 is 11.7 Å². The zero-order valence-corrected chi connectivity index (χ0v) is 17.5. The van der Waals surface area contributed by atoms with Gasteiger partial charge in [-0.15, -0.1) is 0 Å². The lowest BCUT2D eigenvalue weighted by atomic mass is 9.94. The topological polar surface area (TPSA) is 72.6 Å².